The molecule has 0 saturated heterocycles. The molecule has 0 spiro atoms. The van der Waals surface area contributed by atoms with Gasteiger partial charge in [-0.05, 0) is 69.6 Å². The third kappa shape index (κ3) is 4.18. The van der Waals surface area contributed by atoms with E-state index in [0.717, 1.165) is 19.3 Å². The predicted octanol–water partition coefficient (Wildman–Crippen LogP) is 3.17. The van der Waals surface area contributed by atoms with Gasteiger partial charge in [-0.25, -0.2) is 9.59 Å². The van der Waals surface area contributed by atoms with Gasteiger partial charge < -0.3 is 20.1 Å². The van der Waals surface area contributed by atoms with Gasteiger partial charge in [0, 0.05) is 4.32 Å². The second-order valence-corrected chi connectivity index (χ2v) is 11.1. The van der Waals surface area contributed by atoms with Crippen molar-refractivity contribution in [2.75, 3.05) is 13.2 Å². The molecule has 0 aromatic rings. The third-order valence-electron chi connectivity index (χ3n) is 6.87. The van der Waals surface area contributed by atoms with E-state index in [1.54, 1.807) is 13.8 Å². The van der Waals surface area contributed by atoms with Crippen LogP contribution in [0.1, 0.15) is 58.8 Å². The second-order valence-electron chi connectivity index (χ2n) is 9.38. The summed E-state index contributed by atoms with van der Waals surface area (Å²) in [6.45, 7) is 3.53. The Kier molecular flexibility index (Phi) is 5.42. The number of urea groups is 1. The quantitative estimate of drug-likeness (QED) is 0.461. The van der Waals surface area contributed by atoms with E-state index in [4.69, 9.17) is 9.47 Å². The monoisotopic (exact) mass is 468 g/mol. The number of hydrogen-bond acceptors (Lipinski definition) is 5. The summed E-state index contributed by atoms with van der Waals surface area (Å²) in [5.41, 5.74) is 0.622. The minimum atomic E-state index is -0.513. The molecule has 4 bridgehead atoms. The number of nitrogens with one attached hydrogen (secondary N) is 2. The molecule has 5 rings (SSSR count). The fourth-order valence-corrected chi connectivity index (χ4v) is 7.96. The number of esters is 2. The van der Waals surface area contributed by atoms with E-state index < -0.39 is 18.0 Å². The van der Waals surface area contributed by atoms with Crippen molar-refractivity contribution < 1.29 is 23.9 Å². The van der Waals surface area contributed by atoms with E-state index in [9.17, 15) is 14.4 Å². The highest BCUT2D eigenvalue weighted by Gasteiger charge is 2.57. The molecule has 4 fully saturated rings. The van der Waals surface area contributed by atoms with E-state index in [0.29, 0.717) is 29.5 Å². The van der Waals surface area contributed by atoms with Gasteiger partial charge in [-0.15, -0.1) is 0 Å². The van der Waals surface area contributed by atoms with Gasteiger partial charge in [-0.3, -0.25) is 4.79 Å². The summed E-state index contributed by atoms with van der Waals surface area (Å²) in [5, 5.41) is 5.24. The Morgan fingerprint density at radius 1 is 1.17 bits per heavy atom. The van der Waals surface area contributed by atoms with Crippen LogP contribution in [0.15, 0.2) is 11.3 Å². The topological polar surface area (TPSA) is 93.7 Å². The average molecular weight is 469 g/mol. The minimum Gasteiger partial charge on any atom is -0.463 e. The Morgan fingerprint density at radius 3 is 2.48 bits per heavy atom. The van der Waals surface area contributed by atoms with Gasteiger partial charge >= 0.3 is 18.0 Å². The summed E-state index contributed by atoms with van der Waals surface area (Å²) in [4.78, 5) is 36.9. The molecule has 8 heteroatoms. The summed E-state index contributed by atoms with van der Waals surface area (Å²) < 4.78 is 10.8. The maximum absolute atomic E-state index is 12.7. The lowest BCUT2D eigenvalue weighted by atomic mass is 9.49. The van der Waals surface area contributed by atoms with Crippen molar-refractivity contribution in [3.8, 4) is 0 Å². The molecule has 4 saturated carbocycles. The second kappa shape index (κ2) is 7.60. The van der Waals surface area contributed by atoms with Crippen LogP contribution in [0.2, 0.25) is 0 Å². The van der Waals surface area contributed by atoms with Crippen molar-refractivity contribution in [3.05, 3.63) is 11.3 Å². The Bertz CT molecular complexity index is 750. The largest absolute Gasteiger partial charge is 0.463 e. The molecule has 4 aliphatic carbocycles. The van der Waals surface area contributed by atoms with Gasteiger partial charge in [0.05, 0.1) is 30.3 Å². The van der Waals surface area contributed by atoms with Crippen molar-refractivity contribution in [2.24, 2.45) is 17.3 Å². The highest BCUT2D eigenvalue weighted by Crippen LogP contribution is 2.65. The lowest BCUT2D eigenvalue weighted by Crippen LogP contribution is -2.53. The normalized spacial score (nSPS) is 37.8. The van der Waals surface area contributed by atoms with Crippen LogP contribution in [0, 0.1) is 17.3 Å². The lowest BCUT2D eigenvalue weighted by molar-refractivity contribution is -0.150. The van der Waals surface area contributed by atoms with Crippen LogP contribution in [0.4, 0.5) is 4.79 Å². The van der Waals surface area contributed by atoms with E-state index in [2.05, 4.69) is 26.6 Å². The number of ether oxygens (including phenoxy) is 2. The minimum absolute atomic E-state index is 0.0215. The number of alkyl halides is 1. The molecule has 29 heavy (non-hydrogen) atoms. The molecule has 0 radical (unpaired) electrons. The number of halogens is 1. The number of rotatable bonds is 6. The first-order chi connectivity index (χ1) is 13.7. The van der Waals surface area contributed by atoms with Crippen LogP contribution in [-0.4, -0.2) is 41.5 Å². The first-order valence-corrected chi connectivity index (χ1v) is 11.3. The fourth-order valence-electron chi connectivity index (χ4n) is 6.45. The zero-order valence-corrected chi connectivity index (χ0v) is 18.6. The van der Waals surface area contributed by atoms with Crippen LogP contribution in [0.25, 0.3) is 0 Å². The van der Waals surface area contributed by atoms with Crippen LogP contribution < -0.4 is 10.6 Å². The Labute approximate surface area is 179 Å². The number of amides is 2. The Hall–Kier alpha value is -1.57. The predicted molar refractivity (Wildman–Crippen MR) is 109 cm³/mol. The molecule has 160 valence electrons. The third-order valence-corrected chi connectivity index (χ3v) is 7.80. The zero-order valence-electron chi connectivity index (χ0n) is 17.0. The molecular formula is C21H29BrN2O5. The van der Waals surface area contributed by atoms with Gasteiger partial charge in [-0.1, -0.05) is 15.9 Å². The SMILES string of the molecule is CCOC(=O)C1=C(COC(=O)CC23C[C@H]4C[C@@H](CC(Br)(C4)C2)C3)NC(=O)N[C@H]1C. The van der Waals surface area contributed by atoms with E-state index in [-0.39, 0.29) is 28.9 Å². The summed E-state index contributed by atoms with van der Waals surface area (Å²) in [6.07, 6.45) is 7.34. The fraction of sp³-hybridized carbons (Fsp3) is 0.762. The van der Waals surface area contributed by atoms with Gasteiger partial charge in [0.15, 0.2) is 0 Å². The molecule has 0 aromatic heterocycles. The average Bonchev–Trinajstić information content (AvgIpc) is 2.56. The summed E-state index contributed by atoms with van der Waals surface area (Å²) in [7, 11) is 0. The van der Waals surface area contributed by atoms with Crippen molar-refractivity contribution in [1.82, 2.24) is 10.6 Å². The molecule has 3 atom stereocenters. The Balaban J connectivity index is 1.42. The van der Waals surface area contributed by atoms with Gasteiger partial charge in [0.2, 0.25) is 0 Å². The first kappa shape index (κ1) is 20.7. The summed E-state index contributed by atoms with van der Waals surface area (Å²) >= 11 is 3.97. The highest BCUT2D eigenvalue weighted by atomic mass is 79.9. The van der Waals surface area contributed by atoms with E-state index in [1.807, 2.05) is 0 Å². The molecule has 1 aliphatic heterocycles. The maximum Gasteiger partial charge on any atom is 0.338 e. The first-order valence-electron chi connectivity index (χ1n) is 10.5. The maximum atomic E-state index is 12.7. The summed E-state index contributed by atoms with van der Waals surface area (Å²) in [6, 6.07) is -0.924. The highest BCUT2D eigenvalue weighted by molar-refractivity contribution is 9.10. The van der Waals surface area contributed by atoms with Gasteiger partial charge in [0.25, 0.3) is 0 Å². The lowest BCUT2D eigenvalue weighted by Gasteiger charge is -2.60. The van der Waals surface area contributed by atoms with E-state index >= 15 is 0 Å². The standard InChI is InChI=1S/C21H29BrN2O5/c1-3-28-18(26)17-12(2)23-19(27)24-15(17)10-29-16(25)9-20-5-13-4-14(6-20)8-21(22,7-13)11-20/h12-14H,3-11H2,1-2H3,(H2,23,24,27)/t12-,13+,14+,20?,21?/m0/s1. The van der Waals surface area contributed by atoms with Gasteiger partial charge in [0.1, 0.15) is 6.61 Å². The number of carbonyl (C=O) groups is 3. The van der Waals surface area contributed by atoms with Crippen LogP contribution in [0.3, 0.4) is 0 Å². The molecule has 7 nitrogen and oxygen atoms in total. The molecule has 2 N–H and O–H groups in total. The zero-order chi connectivity index (χ0) is 20.8. The molecule has 5 aliphatic rings. The van der Waals surface area contributed by atoms with Gasteiger partial charge in [-0.2, -0.15) is 0 Å². The molecule has 0 unspecified atom stereocenters. The number of carbonyl (C=O) groups excluding carboxylic acids is 3. The molecule has 0 aromatic carbocycles. The molecular weight excluding hydrogens is 440 g/mol. The summed E-state index contributed by atoms with van der Waals surface area (Å²) in [5.74, 6) is 0.622. The van der Waals surface area contributed by atoms with Crippen molar-refractivity contribution >= 4 is 33.9 Å². The van der Waals surface area contributed by atoms with Crippen molar-refractivity contribution in [2.45, 2.75) is 69.2 Å². The van der Waals surface area contributed by atoms with Crippen LogP contribution >= 0.6 is 15.9 Å². The van der Waals surface area contributed by atoms with Crippen molar-refractivity contribution in [1.29, 1.82) is 0 Å². The smallest absolute Gasteiger partial charge is 0.338 e. The van der Waals surface area contributed by atoms with Crippen molar-refractivity contribution in [3.63, 3.8) is 0 Å². The number of hydrogen-bond donors (Lipinski definition) is 2. The van der Waals surface area contributed by atoms with Crippen LogP contribution in [0.5, 0.6) is 0 Å². The Morgan fingerprint density at radius 2 is 1.86 bits per heavy atom. The van der Waals surface area contributed by atoms with E-state index in [1.165, 1.54) is 19.3 Å². The molecule has 1 heterocycles. The van der Waals surface area contributed by atoms with Crippen LogP contribution in [-0.2, 0) is 19.1 Å². The molecule has 2 amide bonds.